The van der Waals surface area contributed by atoms with E-state index in [-0.39, 0.29) is 17.5 Å². The maximum absolute atomic E-state index is 11.2. The largest absolute Gasteiger partial charge is 0.460 e. The third-order valence-electron chi connectivity index (χ3n) is 1.31. The second kappa shape index (κ2) is 4.29. The number of esters is 1. The lowest BCUT2D eigenvalue weighted by Crippen LogP contribution is -2.24. The molecule has 12 heavy (non-hydrogen) atoms. The van der Waals surface area contributed by atoms with Crippen molar-refractivity contribution in [2.75, 3.05) is 0 Å². The minimum atomic E-state index is -0.377. The number of hydrogen-bond acceptors (Lipinski definition) is 2. The number of carbonyl (C=O) groups is 1. The summed E-state index contributed by atoms with van der Waals surface area (Å²) in [5.41, 5.74) is -0.377. The van der Waals surface area contributed by atoms with Crippen LogP contribution in [0, 0.1) is 5.92 Å². The van der Waals surface area contributed by atoms with Crippen molar-refractivity contribution in [1.29, 1.82) is 0 Å². The number of allylic oxidation sites excluding steroid dienone is 1. The van der Waals surface area contributed by atoms with Gasteiger partial charge in [-0.15, -0.1) is 6.58 Å². The summed E-state index contributed by atoms with van der Waals surface area (Å²) in [6.45, 7) is 11.1. The Balaban J connectivity index is 3.82. The van der Waals surface area contributed by atoms with Crippen molar-refractivity contribution in [3.8, 4) is 0 Å². The van der Waals surface area contributed by atoms with Gasteiger partial charge < -0.3 is 4.74 Å². The summed E-state index contributed by atoms with van der Waals surface area (Å²) in [5, 5.41) is 0. The average molecular weight is 170 g/mol. The molecular formula is C10H18O2. The van der Waals surface area contributed by atoms with Crippen molar-refractivity contribution < 1.29 is 9.53 Å². The van der Waals surface area contributed by atoms with E-state index in [4.69, 9.17) is 4.74 Å². The van der Waals surface area contributed by atoms with Crippen molar-refractivity contribution in [2.24, 2.45) is 5.92 Å². The molecule has 1 atom stereocenters. The predicted octanol–water partition coefficient (Wildman–Crippen LogP) is 2.54. The summed E-state index contributed by atoms with van der Waals surface area (Å²) in [7, 11) is 0. The molecule has 0 amide bonds. The molecule has 0 aliphatic rings. The number of hydrogen-bond donors (Lipinski definition) is 0. The Hall–Kier alpha value is -0.790. The first kappa shape index (κ1) is 11.2. The van der Waals surface area contributed by atoms with Crippen LogP contribution in [-0.2, 0) is 9.53 Å². The van der Waals surface area contributed by atoms with E-state index in [0.717, 1.165) is 0 Å². The number of rotatable bonds is 3. The zero-order chi connectivity index (χ0) is 9.78. The molecule has 0 bridgehead atoms. The van der Waals surface area contributed by atoms with E-state index in [1.807, 2.05) is 27.7 Å². The molecule has 0 spiro atoms. The summed E-state index contributed by atoms with van der Waals surface area (Å²) in [5.74, 6) is 0.0368. The van der Waals surface area contributed by atoms with Gasteiger partial charge in [0.25, 0.3) is 0 Å². The quantitative estimate of drug-likeness (QED) is 0.480. The van der Waals surface area contributed by atoms with Crippen molar-refractivity contribution in [2.45, 2.75) is 39.7 Å². The van der Waals surface area contributed by atoms with Gasteiger partial charge in [0.15, 0.2) is 0 Å². The van der Waals surface area contributed by atoms with Crippen LogP contribution in [0.15, 0.2) is 12.7 Å². The number of ether oxygens (including phenoxy) is 1. The molecule has 0 aliphatic carbocycles. The van der Waals surface area contributed by atoms with Crippen molar-refractivity contribution in [3.63, 3.8) is 0 Å². The average Bonchev–Trinajstić information content (AvgIpc) is 1.82. The summed E-state index contributed by atoms with van der Waals surface area (Å²) >= 11 is 0. The molecule has 0 aromatic heterocycles. The second-order valence-electron chi connectivity index (χ2n) is 4.00. The highest BCUT2D eigenvalue weighted by atomic mass is 16.6. The molecule has 0 radical (unpaired) electrons. The SMILES string of the molecule is C=C[C@H](C)CC(=O)OC(C)(C)C. The van der Waals surface area contributed by atoms with Gasteiger partial charge in [0.1, 0.15) is 5.60 Å². The molecule has 2 heteroatoms. The highest BCUT2D eigenvalue weighted by Crippen LogP contribution is 2.11. The molecule has 0 saturated heterocycles. The summed E-state index contributed by atoms with van der Waals surface area (Å²) in [6.07, 6.45) is 2.17. The topological polar surface area (TPSA) is 26.3 Å². The van der Waals surface area contributed by atoms with Gasteiger partial charge in [0.2, 0.25) is 0 Å². The maximum atomic E-state index is 11.2. The monoisotopic (exact) mass is 170 g/mol. The molecule has 0 unspecified atom stereocenters. The molecule has 0 rings (SSSR count). The normalized spacial score (nSPS) is 13.7. The van der Waals surface area contributed by atoms with Gasteiger partial charge in [-0.3, -0.25) is 4.79 Å². The first-order chi connectivity index (χ1) is 5.35. The lowest BCUT2D eigenvalue weighted by Gasteiger charge is -2.20. The van der Waals surface area contributed by atoms with E-state index < -0.39 is 0 Å². The van der Waals surface area contributed by atoms with E-state index in [1.54, 1.807) is 6.08 Å². The Bertz CT molecular complexity index is 165. The first-order valence-electron chi connectivity index (χ1n) is 4.19. The Labute approximate surface area is 74.6 Å². The lowest BCUT2D eigenvalue weighted by molar-refractivity contribution is -0.155. The minimum absolute atomic E-state index is 0.157. The Morgan fingerprint density at radius 2 is 2.08 bits per heavy atom. The van der Waals surface area contributed by atoms with Crippen LogP contribution in [0.2, 0.25) is 0 Å². The van der Waals surface area contributed by atoms with E-state index in [1.165, 1.54) is 0 Å². The number of carbonyl (C=O) groups excluding carboxylic acids is 1. The summed E-state index contributed by atoms with van der Waals surface area (Å²) < 4.78 is 5.12. The smallest absolute Gasteiger partial charge is 0.306 e. The predicted molar refractivity (Wildman–Crippen MR) is 49.8 cm³/mol. The molecule has 0 saturated carbocycles. The van der Waals surface area contributed by atoms with Gasteiger partial charge in [-0.1, -0.05) is 13.0 Å². The molecule has 70 valence electrons. The molecule has 0 heterocycles. The Morgan fingerprint density at radius 3 is 2.42 bits per heavy atom. The van der Waals surface area contributed by atoms with Gasteiger partial charge in [0, 0.05) is 0 Å². The van der Waals surface area contributed by atoms with Gasteiger partial charge in [-0.25, -0.2) is 0 Å². The first-order valence-corrected chi connectivity index (χ1v) is 4.19. The van der Waals surface area contributed by atoms with Gasteiger partial charge >= 0.3 is 5.97 Å². The highest BCUT2D eigenvalue weighted by Gasteiger charge is 2.16. The minimum Gasteiger partial charge on any atom is -0.460 e. The van der Waals surface area contributed by atoms with Crippen LogP contribution in [-0.4, -0.2) is 11.6 Å². The van der Waals surface area contributed by atoms with Crippen molar-refractivity contribution >= 4 is 5.97 Å². The Morgan fingerprint density at radius 1 is 1.58 bits per heavy atom. The van der Waals surface area contributed by atoms with E-state index >= 15 is 0 Å². The standard InChI is InChI=1S/C10H18O2/c1-6-8(2)7-9(11)12-10(3,4)5/h6,8H,1,7H2,2-5H3/t8-/m0/s1. The highest BCUT2D eigenvalue weighted by molar-refractivity contribution is 5.70. The molecule has 0 aromatic rings. The lowest BCUT2D eigenvalue weighted by atomic mass is 10.1. The van der Waals surface area contributed by atoms with E-state index in [2.05, 4.69) is 6.58 Å². The second-order valence-corrected chi connectivity index (χ2v) is 4.00. The van der Waals surface area contributed by atoms with Crippen LogP contribution in [0.1, 0.15) is 34.1 Å². The zero-order valence-electron chi connectivity index (χ0n) is 8.39. The summed E-state index contributed by atoms with van der Waals surface area (Å²) in [6, 6.07) is 0. The van der Waals surface area contributed by atoms with Crippen LogP contribution in [0.5, 0.6) is 0 Å². The molecule has 0 fully saturated rings. The fourth-order valence-electron chi connectivity index (χ4n) is 0.729. The molecule has 0 aromatic carbocycles. The summed E-state index contributed by atoms with van der Waals surface area (Å²) in [4.78, 5) is 11.2. The zero-order valence-corrected chi connectivity index (χ0v) is 8.39. The van der Waals surface area contributed by atoms with Gasteiger partial charge in [-0.05, 0) is 26.7 Å². The maximum Gasteiger partial charge on any atom is 0.306 e. The molecule has 0 aliphatic heterocycles. The van der Waals surface area contributed by atoms with Gasteiger partial charge in [-0.2, -0.15) is 0 Å². The van der Waals surface area contributed by atoms with Crippen LogP contribution in [0.4, 0.5) is 0 Å². The van der Waals surface area contributed by atoms with Crippen molar-refractivity contribution in [1.82, 2.24) is 0 Å². The van der Waals surface area contributed by atoms with Crippen LogP contribution in [0.25, 0.3) is 0 Å². The third kappa shape index (κ3) is 5.96. The van der Waals surface area contributed by atoms with E-state index in [0.29, 0.717) is 6.42 Å². The van der Waals surface area contributed by atoms with Gasteiger partial charge in [0.05, 0.1) is 6.42 Å². The fraction of sp³-hybridized carbons (Fsp3) is 0.700. The Kier molecular flexibility index (Phi) is 4.01. The van der Waals surface area contributed by atoms with Crippen LogP contribution < -0.4 is 0 Å². The molecular weight excluding hydrogens is 152 g/mol. The fourth-order valence-corrected chi connectivity index (χ4v) is 0.729. The van der Waals surface area contributed by atoms with E-state index in [9.17, 15) is 4.79 Å². The van der Waals surface area contributed by atoms with Crippen LogP contribution >= 0.6 is 0 Å². The van der Waals surface area contributed by atoms with Crippen LogP contribution in [0.3, 0.4) is 0 Å². The molecule has 2 nitrogen and oxygen atoms in total. The van der Waals surface area contributed by atoms with Crippen molar-refractivity contribution in [3.05, 3.63) is 12.7 Å². The third-order valence-corrected chi connectivity index (χ3v) is 1.31. The molecule has 0 N–H and O–H groups in total.